The minimum Gasteiger partial charge on any atom is -0.359 e. The summed E-state index contributed by atoms with van der Waals surface area (Å²) in [7, 11) is 0. The van der Waals surface area contributed by atoms with Gasteiger partial charge in [0.1, 0.15) is 11.4 Å². The maximum atomic E-state index is 12.5. The topological polar surface area (TPSA) is 61.6 Å². The van der Waals surface area contributed by atoms with Crippen LogP contribution < -0.4 is 5.32 Å². The Morgan fingerprint density at radius 2 is 2.17 bits per heavy atom. The number of rotatable bonds is 4. The van der Waals surface area contributed by atoms with Crippen molar-refractivity contribution in [1.82, 2.24) is 15.0 Å². The lowest BCUT2D eigenvalue weighted by Crippen LogP contribution is -2.50. The Labute approximate surface area is 146 Å². The van der Waals surface area contributed by atoms with Crippen molar-refractivity contribution in [2.45, 2.75) is 33.2 Å². The average Bonchev–Trinajstić information content (AvgIpc) is 3.25. The summed E-state index contributed by atoms with van der Waals surface area (Å²) in [6, 6.07) is 2.50. The maximum absolute atomic E-state index is 12.5. The van der Waals surface area contributed by atoms with E-state index < -0.39 is 0 Å². The molecule has 3 heterocycles. The molecule has 0 bridgehead atoms. The van der Waals surface area contributed by atoms with Gasteiger partial charge in [-0.2, -0.15) is 11.3 Å². The molecular weight excluding hydrogens is 324 g/mol. The molecular formula is C17H24N4O2S. The number of carbonyl (C=O) groups excluding carboxylic acids is 1. The van der Waals surface area contributed by atoms with E-state index in [4.69, 9.17) is 4.52 Å². The van der Waals surface area contributed by atoms with E-state index in [2.05, 4.69) is 39.1 Å². The Bertz CT molecular complexity index is 675. The first-order chi connectivity index (χ1) is 11.6. The number of piperazine rings is 1. The number of carbonyl (C=O) groups is 1. The molecule has 2 aromatic rings. The molecule has 130 valence electrons. The summed E-state index contributed by atoms with van der Waals surface area (Å²) in [4.78, 5) is 16.8. The number of hydrogen-bond donors (Lipinski definition) is 1. The SMILES string of the molecule is CCc1noc(C)c1NC(=O)N1CCN([C@@H](C)c2ccsc2)CC1. The molecule has 24 heavy (non-hydrogen) atoms. The number of aryl methyl sites for hydroxylation is 2. The first kappa shape index (κ1) is 17.0. The molecule has 7 heteroatoms. The molecule has 1 fully saturated rings. The fourth-order valence-electron chi connectivity index (χ4n) is 3.04. The van der Waals surface area contributed by atoms with Crippen LogP contribution in [0.15, 0.2) is 21.3 Å². The van der Waals surface area contributed by atoms with Crippen LogP contribution in [0.1, 0.15) is 36.9 Å². The van der Waals surface area contributed by atoms with Crippen molar-refractivity contribution in [2.24, 2.45) is 0 Å². The van der Waals surface area contributed by atoms with Gasteiger partial charge in [-0.3, -0.25) is 4.90 Å². The van der Waals surface area contributed by atoms with E-state index in [1.807, 2.05) is 18.7 Å². The average molecular weight is 348 g/mol. The van der Waals surface area contributed by atoms with Crippen LogP contribution in [0.25, 0.3) is 0 Å². The quantitative estimate of drug-likeness (QED) is 0.918. The van der Waals surface area contributed by atoms with E-state index >= 15 is 0 Å². The number of amides is 2. The molecule has 1 aliphatic rings. The Morgan fingerprint density at radius 1 is 1.42 bits per heavy atom. The van der Waals surface area contributed by atoms with Crippen LogP contribution in [0.3, 0.4) is 0 Å². The van der Waals surface area contributed by atoms with Crippen molar-refractivity contribution in [2.75, 3.05) is 31.5 Å². The minimum absolute atomic E-state index is 0.0705. The molecule has 1 aliphatic heterocycles. The van der Waals surface area contributed by atoms with Crippen LogP contribution in [0.5, 0.6) is 0 Å². The van der Waals surface area contributed by atoms with Crippen LogP contribution in [0.4, 0.5) is 10.5 Å². The highest BCUT2D eigenvalue weighted by atomic mass is 32.1. The molecule has 1 saturated heterocycles. The molecule has 0 radical (unpaired) electrons. The van der Waals surface area contributed by atoms with Crippen LogP contribution >= 0.6 is 11.3 Å². The molecule has 0 saturated carbocycles. The van der Waals surface area contributed by atoms with Gasteiger partial charge in [-0.15, -0.1) is 0 Å². The van der Waals surface area contributed by atoms with Gasteiger partial charge in [0.15, 0.2) is 5.76 Å². The third-order valence-electron chi connectivity index (χ3n) is 4.68. The monoisotopic (exact) mass is 348 g/mol. The fraction of sp³-hybridized carbons (Fsp3) is 0.529. The van der Waals surface area contributed by atoms with Gasteiger partial charge in [-0.1, -0.05) is 12.1 Å². The predicted molar refractivity (Wildman–Crippen MR) is 95.5 cm³/mol. The van der Waals surface area contributed by atoms with E-state index in [1.165, 1.54) is 5.56 Å². The van der Waals surface area contributed by atoms with Gasteiger partial charge in [-0.25, -0.2) is 4.79 Å². The Morgan fingerprint density at radius 3 is 2.79 bits per heavy atom. The third-order valence-corrected chi connectivity index (χ3v) is 5.38. The molecule has 3 rings (SSSR count). The van der Waals surface area contributed by atoms with Crippen molar-refractivity contribution in [3.05, 3.63) is 33.8 Å². The van der Waals surface area contributed by atoms with Gasteiger partial charge >= 0.3 is 6.03 Å². The summed E-state index contributed by atoms with van der Waals surface area (Å²) < 4.78 is 5.17. The van der Waals surface area contributed by atoms with Crippen molar-refractivity contribution in [1.29, 1.82) is 0 Å². The Hall–Kier alpha value is -1.86. The maximum Gasteiger partial charge on any atom is 0.322 e. The molecule has 6 nitrogen and oxygen atoms in total. The van der Waals surface area contributed by atoms with Crippen molar-refractivity contribution >= 4 is 23.1 Å². The zero-order valence-electron chi connectivity index (χ0n) is 14.4. The normalized spacial score (nSPS) is 17.0. The zero-order chi connectivity index (χ0) is 17.1. The van der Waals surface area contributed by atoms with E-state index in [0.717, 1.165) is 44.0 Å². The van der Waals surface area contributed by atoms with Crippen LogP contribution in [0.2, 0.25) is 0 Å². The lowest BCUT2D eigenvalue weighted by molar-refractivity contribution is 0.119. The minimum atomic E-state index is -0.0705. The molecule has 0 aromatic carbocycles. The Balaban J connectivity index is 1.56. The van der Waals surface area contributed by atoms with E-state index in [1.54, 1.807) is 11.3 Å². The highest BCUT2D eigenvalue weighted by Gasteiger charge is 2.26. The molecule has 2 aromatic heterocycles. The van der Waals surface area contributed by atoms with Crippen LogP contribution in [0, 0.1) is 6.92 Å². The van der Waals surface area contributed by atoms with Crippen molar-refractivity contribution in [3.63, 3.8) is 0 Å². The van der Waals surface area contributed by atoms with E-state index in [-0.39, 0.29) is 6.03 Å². The van der Waals surface area contributed by atoms with Gasteiger partial charge in [0.25, 0.3) is 0 Å². The molecule has 0 spiro atoms. The van der Waals surface area contributed by atoms with Gasteiger partial charge in [0, 0.05) is 32.2 Å². The van der Waals surface area contributed by atoms with Crippen molar-refractivity contribution in [3.8, 4) is 0 Å². The first-order valence-corrected chi connectivity index (χ1v) is 9.31. The van der Waals surface area contributed by atoms with Crippen LogP contribution in [-0.2, 0) is 6.42 Å². The molecule has 0 unspecified atom stereocenters. The number of thiophene rings is 1. The van der Waals surface area contributed by atoms with Gasteiger partial charge in [-0.05, 0) is 42.7 Å². The predicted octanol–water partition coefficient (Wildman–Crippen LogP) is 3.52. The number of hydrogen-bond acceptors (Lipinski definition) is 5. The van der Waals surface area contributed by atoms with Gasteiger partial charge in [0.05, 0.1) is 0 Å². The number of nitrogens with one attached hydrogen (secondary N) is 1. The third kappa shape index (κ3) is 3.47. The summed E-state index contributed by atoms with van der Waals surface area (Å²) in [5.41, 5.74) is 2.87. The fourth-order valence-corrected chi connectivity index (χ4v) is 3.79. The Kier molecular flexibility index (Phi) is 5.20. The smallest absolute Gasteiger partial charge is 0.322 e. The second kappa shape index (κ2) is 7.36. The lowest BCUT2D eigenvalue weighted by Gasteiger charge is -2.37. The zero-order valence-corrected chi connectivity index (χ0v) is 15.2. The summed E-state index contributed by atoms with van der Waals surface area (Å²) in [6.07, 6.45) is 0.735. The number of nitrogens with zero attached hydrogens (tertiary/aromatic N) is 3. The number of urea groups is 1. The summed E-state index contributed by atoms with van der Waals surface area (Å²) in [5.74, 6) is 0.657. The summed E-state index contributed by atoms with van der Waals surface area (Å²) in [6.45, 7) is 9.27. The summed E-state index contributed by atoms with van der Waals surface area (Å²) >= 11 is 1.73. The summed E-state index contributed by atoms with van der Waals surface area (Å²) in [5, 5.41) is 11.3. The van der Waals surface area contributed by atoms with E-state index in [0.29, 0.717) is 11.8 Å². The molecule has 0 aliphatic carbocycles. The molecule has 1 N–H and O–H groups in total. The van der Waals surface area contributed by atoms with Gasteiger partial charge < -0.3 is 14.7 Å². The second-order valence-corrected chi connectivity index (χ2v) is 6.88. The largest absolute Gasteiger partial charge is 0.359 e. The first-order valence-electron chi connectivity index (χ1n) is 8.37. The van der Waals surface area contributed by atoms with Gasteiger partial charge in [0.2, 0.25) is 0 Å². The molecule has 2 amide bonds. The number of aromatic nitrogens is 1. The van der Waals surface area contributed by atoms with E-state index in [9.17, 15) is 4.79 Å². The number of anilines is 1. The van der Waals surface area contributed by atoms with Crippen LogP contribution in [-0.4, -0.2) is 47.2 Å². The highest BCUT2D eigenvalue weighted by Crippen LogP contribution is 2.24. The highest BCUT2D eigenvalue weighted by molar-refractivity contribution is 7.07. The molecule has 1 atom stereocenters. The standard InChI is InChI=1S/C17H24N4O2S/c1-4-15-16(13(3)23-19-15)18-17(22)21-8-6-20(7-9-21)12(2)14-5-10-24-11-14/h5,10-12H,4,6-9H2,1-3H3,(H,18,22)/t12-/m0/s1. The lowest BCUT2D eigenvalue weighted by atomic mass is 10.1. The van der Waals surface area contributed by atoms with Crippen molar-refractivity contribution < 1.29 is 9.32 Å². The second-order valence-electron chi connectivity index (χ2n) is 6.10.